The van der Waals surface area contributed by atoms with E-state index in [1.54, 1.807) is 11.8 Å². The van der Waals surface area contributed by atoms with Gasteiger partial charge in [0.25, 0.3) is 11.2 Å². The van der Waals surface area contributed by atoms with Crippen molar-refractivity contribution in [3.63, 3.8) is 0 Å². The van der Waals surface area contributed by atoms with E-state index in [2.05, 4.69) is 5.10 Å². The number of hydrogen-bond acceptors (Lipinski definition) is 6. The van der Waals surface area contributed by atoms with Crippen LogP contribution in [0, 0.1) is 15.5 Å². The van der Waals surface area contributed by atoms with Crippen LogP contribution in [0.4, 0.5) is 11.4 Å². The highest BCUT2D eigenvalue weighted by atomic mass is 35.5. The number of carboxylic acid groups (broad SMARTS) is 1. The van der Waals surface area contributed by atoms with Crippen molar-refractivity contribution in [3.05, 3.63) is 56.0 Å². The van der Waals surface area contributed by atoms with Crippen LogP contribution in [0.2, 0.25) is 5.02 Å². The van der Waals surface area contributed by atoms with Gasteiger partial charge in [-0.25, -0.2) is 0 Å². The Kier molecular flexibility index (Phi) is 4.41. The third-order valence-electron chi connectivity index (χ3n) is 4.54. The SMILES string of the molecule is CC1(C(=O)O)CCN(c2cnn(-c3ccc([N+](=O)[O-])cc3)c(=O)c2Cl)C1. The summed E-state index contributed by atoms with van der Waals surface area (Å²) < 4.78 is 1.04. The molecule has 26 heavy (non-hydrogen) atoms. The average molecular weight is 379 g/mol. The number of rotatable bonds is 4. The molecule has 1 atom stereocenters. The van der Waals surface area contributed by atoms with Crippen LogP contribution in [0.15, 0.2) is 35.3 Å². The minimum Gasteiger partial charge on any atom is -0.481 e. The van der Waals surface area contributed by atoms with Gasteiger partial charge in [-0.15, -0.1) is 0 Å². The fourth-order valence-electron chi connectivity index (χ4n) is 2.89. The maximum absolute atomic E-state index is 12.6. The number of nitro groups is 1. The van der Waals surface area contributed by atoms with Gasteiger partial charge in [0, 0.05) is 25.2 Å². The van der Waals surface area contributed by atoms with Crippen LogP contribution in [-0.2, 0) is 4.79 Å². The minimum absolute atomic E-state index is 0.0759. The zero-order valence-electron chi connectivity index (χ0n) is 13.8. The van der Waals surface area contributed by atoms with Gasteiger partial charge < -0.3 is 10.0 Å². The van der Waals surface area contributed by atoms with Crippen LogP contribution >= 0.6 is 11.6 Å². The number of halogens is 1. The summed E-state index contributed by atoms with van der Waals surface area (Å²) in [5.74, 6) is -0.900. The molecule has 1 fully saturated rings. The van der Waals surface area contributed by atoms with Crippen molar-refractivity contribution in [2.24, 2.45) is 5.41 Å². The first-order valence-electron chi connectivity index (χ1n) is 7.74. The number of aromatic nitrogens is 2. The van der Waals surface area contributed by atoms with Gasteiger partial charge in [0.1, 0.15) is 5.02 Å². The van der Waals surface area contributed by atoms with Crippen molar-refractivity contribution in [2.75, 3.05) is 18.0 Å². The quantitative estimate of drug-likeness (QED) is 0.639. The highest BCUT2D eigenvalue weighted by Gasteiger charge is 2.41. The molecular weight excluding hydrogens is 364 g/mol. The van der Waals surface area contributed by atoms with E-state index in [0.717, 1.165) is 4.68 Å². The first kappa shape index (κ1) is 17.9. The Bertz CT molecular complexity index is 943. The van der Waals surface area contributed by atoms with Crippen LogP contribution in [0.1, 0.15) is 13.3 Å². The Morgan fingerprint density at radius 1 is 1.38 bits per heavy atom. The normalized spacial score (nSPS) is 19.5. The molecule has 0 spiro atoms. The molecule has 3 rings (SSSR count). The van der Waals surface area contributed by atoms with Gasteiger partial charge >= 0.3 is 5.97 Å². The van der Waals surface area contributed by atoms with Crippen molar-refractivity contribution in [2.45, 2.75) is 13.3 Å². The Balaban J connectivity index is 1.94. The number of nitro benzene ring substituents is 1. The summed E-state index contributed by atoms with van der Waals surface area (Å²) in [5, 5.41) is 24.0. The molecular formula is C16H15ClN4O5. The summed E-state index contributed by atoms with van der Waals surface area (Å²) in [6.07, 6.45) is 1.84. The first-order chi connectivity index (χ1) is 12.2. The van der Waals surface area contributed by atoms with Gasteiger partial charge in [-0.1, -0.05) is 11.6 Å². The van der Waals surface area contributed by atoms with Crippen LogP contribution < -0.4 is 10.5 Å². The van der Waals surface area contributed by atoms with Crippen molar-refractivity contribution < 1.29 is 14.8 Å². The Morgan fingerprint density at radius 2 is 2.04 bits per heavy atom. The number of non-ortho nitro benzene ring substituents is 1. The van der Waals surface area contributed by atoms with E-state index in [1.807, 2.05) is 0 Å². The van der Waals surface area contributed by atoms with E-state index in [9.17, 15) is 24.8 Å². The van der Waals surface area contributed by atoms with Gasteiger partial charge in [-0.05, 0) is 25.5 Å². The van der Waals surface area contributed by atoms with Gasteiger partial charge in [-0.2, -0.15) is 9.78 Å². The lowest BCUT2D eigenvalue weighted by molar-refractivity contribution is -0.384. The maximum atomic E-state index is 12.6. The summed E-state index contributed by atoms with van der Waals surface area (Å²) in [6, 6.07) is 5.34. The molecule has 2 heterocycles. The molecule has 9 nitrogen and oxygen atoms in total. The molecule has 10 heteroatoms. The monoisotopic (exact) mass is 378 g/mol. The molecule has 1 unspecified atom stereocenters. The second-order valence-corrected chi connectivity index (χ2v) is 6.75. The lowest BCUT2D eigenvalue weighted by Crippen LogP contribution is -2.33. The third kappa shape index (κ3) is 3.01. The summed E-state index contributed by atoms with van der Waals surface area (Å²) >= 11 is 6.21. The number of aliphatic carboxylic acids is 1. The highest BCUT2D eigenvalue weighted by molar-refractivity contribution is 6.33. The van der Waals surface area contributed by atoms with Crippen molar-refractivity contribution >= 4 is 28.9 Å². The molecule has 0 bridgehead atoms. The Morgan fingerprint density at radius 3 is 2.58 bits per heavy atom. The van der Waals surface area contributed by atoms with E-state index >= 15 is 0 Å². The molecule has 1 aromatic heterocycles. The lowest BCUT2D eigenvalue weighted by Gasteiger charge is -2.22. The van der Waals surface area contributed by atoms with Gasteiger partial charge in [-0.3, -0.25) is 19.7 Å². The fourth-order valence-corrected chi connectivity index (χ4v) is 3.13. The van der Waals surface area contributed by atoms with Crippen LogP contribution in [0.25, 0.3) is 5.69 Å². The zero-order chi connectivity index (χ0) is 19.1. The Hall–Kier alpha value is -2.94. The molecule has 1 aliphatic rings. The van der Waals surface area contributed by atoms with Crippen molar-refractivity contribution in [3.8, 4) is 5.69 Å². The lowest BCUT2D eigenvalue weighted by atomic mass is 9.90. The highest BCUT2D eigenvalue weighted by Crippen LogP contribution is 2.35. The number of carboxylic acids is 1. The predicted molar refractivity (Wildman–Crippen MR) is 94.1 cm³/mol. The molecule has 1 aliphatic heterocycles. The molecule has 0 radical (unpaired) electrons. The Labute approximate surface area is 152 Å². The van der Waals surface area contributed by atoms with Crippen molar-refractivity contribution in [1.82, 2.24) is 9.78 Å². The number of nitrogens with zero attached hydrogens (tertiary/aromatic N) is 4. The average Bonchev–Trinajstić information content (AvgIpc) is 3.01. The van der Waals surface area contributed by atoms with E-state index in [1.165, 1.54) is 30.5 Å². The first-order valence-corrected chi connectivity index (χ1v) is 8.12. The number of benzene rings is 1. The second-order valence-electron chi connectivity index (χ2n) is 6.37. The minimum atomic E-state index is -0.906. The molecule has 0 aliphatic carbocycles. The van der Waals surface area contributed by atoms with Crippen LogP contribution in [-0.4, -0.2) is 38.9 Å². The molecule has 1 saturated heterocycles. The largest absolute Gasteiger partial charge is 0.481 e. The number of hydrogen-bond donors (Lipinski definition) is 1. The van der Waals surface area contributed by atoms with Crippen LogP contribution in [0.5, 0.6) is 0 Å². The summed E-state index contributed by atoms with van der Waals surface area (Å²) in [4.78, 5) is 35.8. The van der Waals surface area contributed by atoms with Gasteiger partial charge in [0.15, 0.2) is 0 Å². The third-order valence-corrected chi connectivity index (χ3v) is 4.89. The van der Waals surface area contributed by atoms with E-state index in [0.29, 0.717) is 24.3 Å². The predicted octanol–water partition coefficient (Wildman–Crippen LogP) is 2.10. The van der Waals surface area contributed by atoms with Crippen molar-refractivity contribution in [1.29, 1.82) is 0 Å². The number of anilines is 1. The topological polar surface area (TPSA) is 119 Å². The van der Waals surface area contributed by atoms with Crippen LogP contribution in [0.3, 0.4) is 0 Å². The van der Waals surface area contributed by atoms with Gasteiger partial charge in [0.05, 0.1) is 27.9 Å². The van der Waals surface area contributed by atoms with E-state index in [-0.39, 0.29) is 17.3 Å². The summed E-state index contributed by atoms with van der Waals surface area (Å²) in [5.41, 5.74) is -0.876. The molecule has 1 N–H and O–H groups in total. The molecule has 2 aromatic rings. The second kappa shape index (κ2) is 6.41. The number of carbonyl (C=O) groups is 1. The van der Waals surface area contributed by atoms with E-state index in [4.69, 9.17) is 11.6 Å². The maximum Gasteiger partial charge on any atom is 0.311 e. The zero-order valence-corrected chi connectivity index (χ0v) is 14.5. The molecule has 1 aromatic carbocycles. The van der Waals surface area contributed by atoms with Gasteiger partial charge in [0.2, 0.25) is 0 Å². The van der Waals surface area contributed by atoms with E-state index < -0.39 is 21.9 Å². The fraction of sp³-hybridized carbons (Fsp3) is 0.312. The standard InChI is InChI=1S/C16H15ClN4O5/c1-16(15(23)24)6-7-19(9-16)12-8-18-20(14(22)13(12)17)10-2-4-11(5-3-10)21(25)26/h2-5,8H,6-7,9H2,1H3,(H,23,24). The molecule has 136 valence electrons. The molecule has 0 amide bonds. The summed E-state index contributed by atoms with van der Waals surface area (Å²) in [7, 11) is 0. The summed E-state index contributed by atoms with van der Waals surface area (Å²) in [6.45, 7) is 2.32. The smallest absolute Gasteiger partial charge is 0.311 e. The molecule has 0 saturated carbocycles.